The van der Waals surface area contributed by atoms with Crippen LogP contribution in [0.2, 0.25) is 0 Å². The maximum atomic E-state index is 5.81. The fourth-order valence-corrected chi connectivity index (χ4v) is 1.38. The predicted octanol–water partition coefficient (Wildman–Crippen LogP) is 1.70. The van der Waals surface area contributed by atoms with Crippen LogP contribution in [0.5, 0.6) is 11.6 Å². The van der Waals surface area contributed by atoms with Crippen molar-refractivity contribution in [2.45, 2.75) is 18.9 Å². The van der Waals surface area contributed by atoms with Crippen LogP contribution in [0.15, 0.2) is 12.3 Å². The van der Waals surface area contributed by atoms with Gasteiger partial charge < -0.3 is 14.4 Å². The summed E-state index contributed by atoms with van der Waals surface area (Å²) in [6.07, 6.45) is 4.34. The van der Waals surface area contributed by atoms with E-state index in [9.17, 15) is 0 Å². The Morgan fingerprint density at radius 3 is 2.67 bits per heavy atom. The first-order chi connectivity index (χ1) is 7.22. The molecule has 0 atom stereocenters. The van der Waals surface area contributed by atoms with Crippen molar-refractivity contribution in [2.24, 2.45) is 0 Å². The highest BCUT2D eigenvalue weighted by Gasteiger charge is 2.27. The number of hydrogen-bond donors (Lipinski definition) is 0. The Morgan fingerprint density at radius 1 is 1.40 bits per heavy atom. The van der Waals surface area contributed by atoms with Crippen molar-refractivity contribution in [3.05, 3.63) is 12.3 Å². The van der Waals surface area contributed by atoms with E-state index in [1.165, 1.54) is 0 Å². The molecule has 1 aliphatic rings. The third-order valence-corrected chi connectivity index (χ3v) is 2.34. The number of aromatic nitrogens is 1. The minimum atomic E-state index is 0.349. The summed E-state index contributed by atoms with van der Waals surface area (Å²) < 4.78 is 11.0. The summed E-state index contributed by atoms with van der Waals surface area (Å²) in [5, 5.41) is 0. The molecule has 0 aliphatic heterocycles. The molecule has 1 heterocycles. The van der Waals surface area contributed by atoms with Crippen LogP contribution >= 0.6 is 0 Å². The smallest absolute Gasteiger partial charge is 0.258 e. The van der Waals surface area contributed by atoms with Crippen molar-refractivity contribution in [3.63, 3.8) is 0 Å². The van der Waals surface area contributed by atoms with Crippen molar-refractivity contribution < 1.29 is 9.47 Å². The number of pyridine rings is 1. The Balaban J connectivity index is 2.34. The average Bonchev–Trinajstić information content (AvgIpc) is 3.01. The van der Waals surface area contributed by atoms with Gasteiger partial charge in [0.15, 0.2) is 0 Å². The number of rotatable bonds is 4. The van der Waals surface area contributed by atoms with E-state index in [0.717, 1.165) is 24.3 Å². The molecule has 0 unspecified atom stereocenters. The first-order valence-electron chi connectivity index (χ1n) is 5.09. The molecule has 1 fully saturated rings. The van der Waals surface area contributed by atoms with Crippen molar-refractivity contribution >= 4 is 5.69 Å². The molecule has 0 N–H and O–H groups in total. The normalized spacial score (nSPS) is 14.9. The van der Waals surface area contributed by atoms with E-state index >= 15 is 0 Å². The van der Waals surface area contributed by atoms with Crippen LogP contribution in [0, 0.1) is 0 Å². The number of anilines is 1. The summed E-state index contributed by atoms with van der Waals surface area (Å²) >= 11 is 0. The van der Waals surface area contributed by atoms with Crippen LogP contribution in [-0.4, -0.2) is 32.3 Å². The van der Waals surface area contributed by atoms with E-state index in [0.29, 0.717) is 12.0 Å². The zero-order valence-electron chi connectivity index (χ0n) is 9.36. The largest absolute Gasteiger partial charge is 0.483 e. The van der Waals surface area contributed by atoms with E-state index in [-0.39, 0.29) is 0 Å². The predicted molar refractivity (Wildman–Crippen MR) is 58.8 cm³/mol. The Kier molecular flexibility index (Phi) is 2.66. The molecular weight excluding hydrogens is 192 g/mol. The van der Waals surface area contributed by atoms with Gasteiger partial charge in [-0.1, -0.05) is 0 Å². The van der Waals surface area contributed by atoms with Gasteiger partial charge in [0, 0.05) is 20.3 Å². The summed E-state index contributed by atoms with van der Waals surface area (Å²) in [5.41, 5.74) is 1.01. The third kappa shape index (κ3) is 2.14. The summed E-state index contributed by atoms with van der Waals surface area (Å²) in [5.74, 6) is 1.32. The van der Waals surface area contributed by atoms with Crippen LogP contribution in [0.1, 0.15) is 12.8 Å². The van der Waals surface area contributed by atoms with E-state index in [2.05, 4.69) is 4.98 Å². The fourth-order valence-electron chi connectivity index (χ4n) is 1.38. The van der Waals surface area contributed by atoms with E-state index in [1.54, 1.807) is 13.3 Å². The van der Waals surface area contributed by atoms with Gasteiger partial charge in [-0.15, -0.1) is 0 Å². The van der Waals surface area contributed by atoms with Gasteiger partial charge in [-0.2, -0.15) is 0 Å². The molecule has 4 heteroatoms. The zero-order chi connectivity index (χ0) is 10.8. The molecule has 2 rings (SSSR count). The second-order valence-electron chi connectivity index (χ2n) is 3.88. The van der Waals surface area contributed by atoms with Gasteiger partial charge >= 0.3 is 0 Å². The molecule has 0 aromatic carbocycles. The van der Waals surface area contributed by atoms with E-state index in [4.69, 9.17) is 9.47 Å². The number of nitrogens with zero attached hydrogens (tertiary/aromatic N) is 2. The van der Waals surface area contributed by atoms with Gasteiger partial charge in [-0.3, -0.25) is 0 Å². The molecule has 0 bridgehead atoms. The van der Waals surface area contributed by atoms with Gasteiger partial charge in [-0.25, -0.2) is 4.98 Å². The van der Waals surface area contributed by atoms with Crippen molar-refractivity contribution in [3.8, 4) is 11.6 Å². The van der Waals surface area contributed by atoms with Crippen LogP contribution < -0.4 is 14.4 Å². The molecule has 82 valence electrons. The molecule has 15 heavy (non-hydrogen) atoms. The van der Waals surface area contributed by atoms with Crippen molar-refractivity contribution in [1.82, 2.24) is 4.98 Å². The molecule has 1 saturated carbocycles. The van der Waals surface area contributed by atoms with Crippen LogP contribution in [0.4, 0.5) is 5.69 Å². The number of ether oxygens (including phenoxy) is 2. The molecule has 0 amide bonds. The maximum Gasteiger partial charge on any atom is 0.258 e. The molecular formula is C11H16N2O2. The molecule has 1 aromatic heterocycles. The second kappa shape index (κ2) is 3.96. The lowest BCUT2D eigenvalue weighted by Crippen LogP contribution is -2.12. The van der Waals surface area contributed by atoms with Crippen molar-refractivity contribution in [1.29, 1.82) is 0 Å². The van der Waals surface area contributed by atoms with Crippen LogP contribution in [-0.2, 0) is 0 Å². The maximum absolute atomic E-state index is 5.81. The molecule has 4 nitrogen and oxygen atoms in total. The van der Waals surface area contributed by atoms with Crippen LogP contribution in [0.25, 0.3) is 0 Å². The lowest BCUT2D eigenvalue weighted by molar-refractivity contribution is 0.278. The molecule has 1 aliphatic carbocycles. The summed E-state index contributed by atoms with van der Waals surface area (Å²) in [6, 6.07) is 1.93. The Bertz CT molecular complexity index is 348. The minimum absolute atomic E-state index is 0.349. The fraction of sp³-hybridized carbons (Fsp3) is 0.545. The summed E-state index contributed by atoms with van der Waals surface area (Å²) in [7, 11) is 5.57. The highest BCUT2D eigenvalue weighted by molar-refractivity contribution is 5.61. The molecule has 0 spiro atoms. The minimum Gasteiger partial charge on any atom is -0.483 e. The summed E-state index contributed by atoms with van der Waals surface area (Å²) in [4.78, 5) is 6.15. The van der Waals surface area contributed by atoms with Crippen LogP contribution in [0.3, 0.4) is 0 Å². The first-order valence-corrected chi connectivity index (χ1v) is 5.09. The van der Waals surface area contributed by atoms with E-state index < -0.39 is 0 Å². The summed E-state index contributed by atoms with van der Waals surface area (Å²) in [6.45, 7) is 0. The Labute approximate surface area is 89.8 Å². The highest BCUT2D eigenvalue weighted by Crippen LogP contribution is 2.38. The number of methoxy groups -OCH3 is 1. The van der Waals surface area contributed by atoms with Gasteiger partial charge in [-0.05, 0) is 18.9 Å². The van der Waals surface area contributed by atoms with Gasteiger partial charge in [0.2, 0.25) is 5.75 Å². The first kappa shape index (κ1) is 10.1. The highest BCUT2D eigenvalue weighted by atomic mass is 16.5. The lowest BCUT2D eigenvalue weighted by Gasteiger charge is -2.18. The lowest BCUT2D eigenvalue weighted by atomic mass is 10.3. The van der Waals surface area contributed by atoms with Gasteiger partial charge in [0.25, 0.3) is 5.88 Å². The molecule has 0 radical (unpaired) electrons. The van der Waals surface area contributed by atoms with Gasteiger partial charge in [0.05, 0.1) is 18.9 Å². The quantitative estimate of drug-likeness (QED) is 0.754. The number of hydrogen-bond acceptors (Lipinski definition) is 4. The SMILES string of the molecule is COc1nccc(N(C)C)c1OC1CC1. The standard InChI is InChI=1S/C11H16N2O2/c1-13(2)9-6-7-12-11(14-3)10(9)15-8-4-5-8/h6-8H,4-5H2,1-3H3. The Morgan fingerprint density at radius 2 is 2.13 bits per heavy atom. The topological polar surface area (TPSA) is 34.6 Å². The zero-order valence-corrected chi connectivity index (χ0v) is 9.36. The third-order valence-electron chi connectivity index (χ3n) is 2.34. The van der Waals surface area contributed by atoms with E-state index in [1.807, 2.05) is 25.1 Å². The van der Waals surface area contributed by atoms with Gasteiger partial charge in [0.1, 0.15) is 0 Å². The molecule has 1 aromatic rings. The monoisotopic (exact) mass is 208 g/mol. The average molecular weight is 208 g/mol. The molecule has 0 saturated heterocycles. The Hall–Kier alpha value is -1.45. The second-order valence-corrected chi connectivity index (χ2v) is 3.88. The van der Waals surface area contributed by atoms with Crippen molar-refractivity contribution in [2.75, 3.05) is 26.1 Å².